The summed E-state index contributed by atoms with van der Waals surface area (Å²) in [6, 6.07) is 26.3. The Morgan fingerprint density at radius 1 is 0.808 bits per heavy atom. The van der Waals surface area contributed by atoms with Crippen LogP contribution in [0.15, 0.2) is 120 Å². The lowest BCUT2D eigenvalue weighted by Gasteiger charge is -2.27. The number of carbonyl (C=O) groups is 1. The molecule has 4 aromatic carbocycles. The summed E-state index contributed by atoms with van der Waals surface area (Å²) in [7, 11) is 7.88. The molecular formula is C47H56N3O2+. The fraction of sp³-hybridized carbons (Fsp3) is 0.362. The first-order valence-electron chi connectivity index (χ1n) is 18.8. The summed E-state index contributed by atoms with van der Waals surface area (Å²) in [4.78, 5) is 18.0. The maximum absolute atomic E-state index is 13.3. The van der Waals surface area contributed by atoms with Crippen LogP contribution >= 0.6 is 0 Å². The van der Waals surface area contributed by atoms with Crippen LogP contribution in [0.4, 0.5) is 11.4 Å². The number of hydrogen-bond acceptors (Lipinski definition) is 4. The average molecular weight is 695 g/mol. The molecule has 0 amide bonds. The SMILES string of the molecule is COC(=O)C(=C\C=C\C1=[N+](C)c2ccc3ccccc3c2C1(C)C)/C(C)=C/C=C1\N(CCCCCCN(C)C)c2ccc3ccccc3c2C1(C)C. The van der Waals surface area contributed by atoms with Crippen LogP contribution in [-0.2, 0) is 20.4 Å². The van der Waals surface area contributed by atoms with E-state index in [1.54, 1.807) is 0 Å². The van der Waals surface area contributed by atoms with Gasteiger partial charge in [0.1, 0.15) is 7.05 Å². The number of fused-ring (bicyclic) bond motifs is 6. The molecule has 0 saturated carbocycles. The lowest BCUT2D eigenvalue weighted by molar-refractivity contribution is -0.401. The fourth-order valence-corrected chi connectivity index (χ4v) is 8.52. The van der Waals surface area contributed by atoms with Gasteiger partial charge in [-0.1, -0.05) is 93.4 Å². The molecule has 2 heterocycles. The first-order chi connectivity index (χ1) is 24.9. The van der Waals surface area contributed by atoms with Gasteiger partial charge in [0.15, 0.2) is 5.71 Å². The molecule has 2 aliphatic rings. The van der Waals surface area contributed by atoms with E-state index in [1.165, 1.54) is 81.8 Å². The van der Waals surface area contributed by atoms with Gasteiger partial charge < -0.3 is 14.5 Å². The van der Waals surface area contributed by atoms with Gasteiger partial charge in [0.05, 0.1) is 18.1 Å². The lowest BCUT2D eigenvalue weighted by atomic mass is 9.79. The summed E-state index contributed by atoms with van der Waals surface area (Å²) < 4.78 is 7.59. The smallest absolute Gasteiger partial charge is 0.338 e. The Kier molecular flexibility index (Phi) is 10.7. The van der Waals surface area contributed by atoms with E-state index in [0.29, 0.717) is 5.57 Å². The molecular weight excluding hydrogens is 639 g/mol. The number of carbonyl (C=O) groups excluding carboxylic acids is 1. The van der Waals surface area contributed by atoms with Crippen molar-refractivity contribution in [1.82, 2.24) is 4.90 Å². The van der Waals surface area contributed by atoms with E-state index < -0.39 is 0 Å². The van der Waals surface area contributed by atoms with Gasteiger partial charge >= 0.3 is 5.97 Å². The molecule has 0 unspecified atom stereocenters. The van der Waals surface area contributed by atoms with Gasteiger partial charge in [0.2, 0.25) is 5.69 Å². The molecule has 5 nitrogen and oxygen atoms in total. The molecule has 0 saturated heterocycles. The van der Waals surface area contributed by atoms with Gasteiger partial charge in [0.25, 0.3) is 0 Å². The Morgan fingerprint density at radius 3 is 2.12 bits per heavy atom. The minimum atomic E-state index is -0.343. The summed E-state index contributed by atoms with van der Waals surface area (Å²) in [5.74, 6) is -0.343. The number of hydrogen-bond donors (Lipinski definition) is 0. The highest BCUT2D eigenvalue weighted by atomic mass is 16.5. The summed E-state index contributed by atoms with van der Waals surface area (Å²) in [5.41, 5.74) is 8.62. The normalized spacial score (nSPS) is 17.7. The number of benzene rings is 4. The lowest BCUT2D eigenvalue weighted by Crippen LogP contribution is -2.27. The van der Waals surface area contributed by atoms with E-state index >= 15 is 0 Å². The Hall–Kier alpha value is -4.74. The summed E-state index contributed by atoms with van der Waals surface area (Å²) in [6.07, 6.45) is 15.2. The predicted octanol–water partition coefficient (Wildman–Crippen LogP) is 10.4. The molecule has 0 aliphatic carbocycles. The van der Waals surface area contributed by atoms with Gasteiger partial charge in [-0.3, -0.25) is 0 Å². The van der Waals surface area contributed by atoms with Gasteiger partial charge in [-0.05, 0) is 111 Å². The predicted molar refractivity (Wildman–Crippen MR) is 220 cm³/mol. The molecule has 6 rings (SSSR count). The summed E-state index contributed by atoms with van der Waals surface area (Å²) >= 11 is 0. The summed E-state index contributed by atoms with van der Waals surface area (Å²) in [5, 5.41) is 5.09. The highest BCUT2D eigenvalue weighted by molar-refractivity contribution is 6.08. The monoisotopic (exact) mass is 694 g/mol. The first kappa shape index (κ1) is 37.0. The van der Waals surface area contributed by atoms with Crippen molar-refractivity contribution >= 4 is 44.6 Å². The number of ether oxygens (including phenoxy) is 1. The Balaban J connectivity index is 1.32. The maximum atomic E-state index is 13.3. The Bertz CT molecular complexity index is 2160. The van der Waals surface area contributed by atoms with Gasteiger partial charge in [-0.15, -0.1) is 0 Å². The number of esters is 1. The molecule has 0 radical (unpaired) electrons. The van der Waals surface area contributed by atoms with Crippen LogP contribution in [0.5, 0.6) is 0 Å². The van der Waals surface area contributed by atoms with Crippen molar-refractivity contribution in [3.05, 3.63) is 131 Å². The fourth-order valence-electron chi connectivity index (χ4n) is 8.52. The number of nitrogens with zero attached hydrogens (tertiary/aromatic N) is 3. The van der Waals surface area contributed by atoms with Crippen LogP contribution in [0.25, 0.3) is 21.5 Å². The third-order valence-electron chi connectivity index (χ3n) is 11.2. The Labute approximate surface area is 311 Å². The number of unbranched alkanes of at least 4 members (excludes halogenated alkanes) is 3. The van der Waals surface area contributed by atoms with Crippen molar-refractivity contribution in [2.75, 3.05) is 46.2 Å². The zero-order valence-electron chi connectivity index (χ0n) is 32.7. The average Bonchev–Trinajstić information content (AvgIpc) is 3.47. The standard InChI is InChI=1S/C47H56N3O2/c1-33(36(45(51)52-9)23-18-24-41-46(2,3)43-37-21-14-12-19-34(37)26-28-39(43)49(41)8)25-30-42-47(4,5)44-38-22-15-13-20-35(38)27-29-40(44)50(42)32-17-11-10-16-31-48(6)7/h12-15,18-30H,10-11,16-17,31-32H2,1-9H3/q+1. The summed E-state index contributed by atoms with van der Waals surface area (Å²) in [6.45, 7) is 13.3. The van der Waals surface area contributed by atoms with Crippen LogP contribution < -0.4 is 4.90 Å². The maximum Gasteiger partial charge on any atom is 0.338 e. The molecule has 0 spiro atoms. The number of rotatable bonds is 12. The van der Waals surface area contributed by atoms with Crippen LogP contribution in [0.3, 0.4) is 0 Å². The molecule has 0 N–H and O–H groups in total. The van der Waals surface area contributed by atoms with Crippen molar-refractivity contribution in [3.63, 3.8) is 0 Å². The van der Waals surface area contributed by atoms with Crippen LogP contribution in [0, 0.1) is 0 Å². The Morgan fingerprint density at radius 2 is 1.44 bits per heavy atom. The zero-order chi connectivity index (χ0) is 37.2. The van der Waals surface area contributed by atoms with Crippen molar-refractivity contribution in [2.24, 2.45) is 0 Å². The van der Waals surface area contributed by atoms with Crippen molar-refractivity contribution in [2.45, 2.75) is 71.1 Å². The van der Waals surface area contributed by atoms with Gasteiger partial charge in [0, 0.05) is 41.1 Å². The zero-order valence-corrected chi connectivity index (χ0v) is 32.7. The molecule has 0 bridgehead atoms. The molecule has 270 valence electrons. The van der Waals surface area contributed by atoms with Gasteiger partial charge in [-0.25, -0.2) is 4.79 Å². The highest BCUT2D eigenvalue weighted by Gasteiger charge is 2.44. The van der Waals surface area contributed by atoms with E-state index in [2.05, 4.69) is 154 Å². The highest BCUT2D eigenvalue weighted by Crippen LogP contribution is 2.51. The number of anilines is 1. The quantitative estimate of drug-likeness (QED) is 0.0486. The second-order valence-corrected chi connectivity index (χ2v) is 15.8. The van der Waals surface area contributed by atoms with E-state index in [9.17, 15) is 4.79 Å². The first-order valence-corrected chi connectivity index (χ1v) is 18.8. The minimum Gasteiger partial charge on any atom is -0.465 e. The van der Waals surface area contributed by atoms with Crippen molar-refractivity contribution in [1.29, 1.82) is 0 Å². The van der Waals surface area contributed by atoms with Crippen molar-refractivity contribution in [3.8, 4) is 0 Å². The second-order valence-electron chi connectivity index (χ2n) is 15.8. The minimum absolute atomic E-state index is 0.209. The van der Waals surface area contributed by atoms with Crippen LogP contribution in [0.1, 0.15) is 71.4 Å². The van der Waals surface area contributed by atoms with E-state index in [-0.39, 0.29) is 16.8 Å². The van der Waals surface area contributed by atoms with E-state index in [0.717, 1.165) is 25.1 Å². The molecule has 5 heteroatoms. The van der Waals surface area contributed by atoms with Crippen LogP contribution in [-0.4, -0.2) is 62.5 Å². The molecule has 0 fully saturated rings. The topological polar surface area (TPSA) is 35.8 Å². The second kappa shape index (κ2) is 15.1. The third-order valence-corrected chi connectivity index (χ3v) is 11.2. The number of methoxy groups -OCH3 is 1. The largest absolute Gasteiger partial charge is 0.465 e. The molecule has 4 aromatic rings. The number of allylic oxidation sites excluding steroid dienone is 6. The van der Waals surface area contributed by atoms with Crippen LogP contribution in [0.2, 0.25) is 0 Å². The van der Waals surface area contributed by atoms with E-state index in [1.807, 2.05) is 19.1 Å². The van der Waals surface area contributed by atoms with E-state index in [4.69, 9.17) is 4.74 Å². The van der Waals surface area contributed by atoms with Gasteiger partial charge in [-0.2, -0.15) is 4.58 Å². The van der Waals surface area contributed by atoms with Crippen molar-refractivity contribution < 1.29 is 14.1 Å². The molecule has 2 aliphatic heterocycles. The third kappa shape index (κ3) is 6.91. The molecule has 0 aromatic heterocycles. The molecule has 0 atom stereocenters. The molecule has 52 heavy (non-hydrogen) atoms.